The van der Waals surface area contributed by atoms with Crippen LogP contribution in [0.3, 0.4) is 0 Å². The quantitative estimate of drug-likeness (QED) is 0.556. The maximum Gasteiger partial charge on any atom is 0.279 e. The van der Waals surface area contributed by atoms with Crippen LogP contribution in [0.15, 0.2) is 0 Å². The Bertz CT molecular complexity index is 354. The molecule has 1 saturated heterocycles. The van der Waals surface area contributed by atoms with Crippen molar-refractivity contribution in [1.29, 1.82) is 0 Å². The Balaban J connectivity index is 2.20. The van der Waals surface area contributed by atoms with Crippen molar-refractivity contribution in [2.45, 2.75) is 39.0 Å². The van der Waals surface area contributed by atoms with Gasteiger partial charge in [0.2, 0.25) is 0 Å². The first-order valence-electron chi connectivity index (χ1n) is 8.04. The molecule has 0 aromatic carbocycles. The lowest BCUT2D eigenvalue weighted by Crippen LogP contribution is -2.46. The summed E-state index contributed by atoms with van der Waals surface area (Å²) in [6.45, 7) is 6.59. The second-order valence-corrected chi connectivity index (χ2v) is 7.36. The molecule has 0 aromatic heterocycles. The molecule has 126 valence electrons. The molecule has 0 amide bonds. The fraction of sp³-hybridized carbons (Fsp3) is 1.00. The molecule has 0 spiro atoms. The molecule has 2 N–H and O–H groups in total. The normalized spacial score (nSPS) is 18.2. The van der Waals surface area contributed by atoms with E-state index >= 15 is 0 Å². The van der Waals surface area contributed by atoms with Gasteiger partial charge in [-0.25, -0.2) is 4.72 Å². The molecule has 21 heavy (non-hydrogen) atoms. The van der Waals surface area contributed by atoms with Gasteiger partial charge in [-0.1, -0.05) is 6.92 Å². The molecular formula is C14H31N3O3S. The summed E-state index contributed by atoms with van der Waals surface area (Å²) >= 11 is 0. The highest BCUT2D eigenvalue weighted by Crippen LogP contribution is 2.18. The van der Waals surface area contributed by atoms with E-state index < -0.39 is 10.2 Å². The van der Waals surface area contributed by atoms with Gasteiger partial charge in [0.05, 0.1) is 0 Å². The Hall–Kier alpha value is -0.210. The van der Waals surface area contributed by atoms with E-state index in [0.717, 1.165) is 51.8 Å². The van der Waals surface area contributed by atoms with Crippen molar-refractivity contribution in [3.05, 3.63) is 0 Å². The van der Waals surface area contributed by atoms with E-state index in [-0.39, 0.29) is 0 Å². The molecule has 7 heteroatoms. The molecule has 0 aliphatic carbocycles. The van der Waals surface area contributed by atoms with Crippen LogP contribution in [0.4, 0.5) is 0 Å². The number of hydrogen-bond acceptors (Lipinski definition) is 4. The number of nitrogens with zero attached hydrogens (tertiary/aromatic N) is 1. The average molecular weight is 321 g/mol. The second-order valence-electron chi connectivity index (χ2n) is 5.60. The van der Waals surface area contributed by atoms with Gasteiger partial charge in [-0.2, -0.15) is 12.7 Å². The SMILES string of the molecule is CCNCC1CCN(S(=O)(=O)NCCCCCOC)CC1. The van der Waals surface area contributed by atoms with Gasteiger partial charge in [0.1, 0.15) is 0 Å². The minimum Gasteiger partial charge on any atom is -0.385 e. The summed E-state index contributed by atoms with van der Waals surface area (Å²) in [5.41, 5.74) is 0. The van der Waals surface area contributed by atoms with Gasteiger partial charge >= 0.3 is 0 Å². The number of piperidine rings is 1. The highest BCUT2D eigenvalue weighted by molar-refractivity contribution is 7.87. The van der Waals surface area contributed by atoms with E-state index in [1.165, 1.54) is 0 Å². The van der Waals surface area contributed by atoms with Crippen molar-refractivity contribution in [3.8, 4) is 0 Å². The molecule has 0 saturated carbocycles. The standard InChI is InChI=1S/C14H31N3O3S/c1-3-15-13-14-7-10-17(11-8-14)21(18,19)16-9-5-4-6-12-20-2/h14-16H,3-13H2,1-2H3. The van der Waals surface area contributed by atoms with Crippen LogP contribution in [-0.4, -0.2) is 59.2 Å². The third-order valence-corrected chi connectivity index (χ3v) is 5.52. The average Bonchev–Trinajstić information content (AvgIpc) is 2.49. The second kappa shape index (κ2) is 10.5. The van der Waals surface area contributed by atoms with Crippen molar-refractivity contribution in [1.82, 2.24) is 14.3 Å². The summed E-state index contributed by atoms with van der Waals surface area (Å²) in [6.07, 6.45) is 4.72. The van der Waals surface area contributed by atoms with Crippen molar-refractivity contribution in [2.75, 3.05) is 46.4 Å². The molecule has 1 aliphatic rings. The van der Waals surface area contributed by atoms with Crippen LogP contribution in [0.5, 0.6) is 0 Å². The fourth-order valence-electron chi connectivity index (χ4n) is 2.54. The molecule has 1 fully saturated rings. The van der Waals surface area contributed by atoms with Gasteiger partial charge in [0, 0.05) is 33.4 Å². The maximum absolute atomic E-state index is 12.2. The van der Waals surface area contributed by atoms with Gasteiger partial charge < -0.3 is 10.1 Å². The van der Waals surface area contributed by atoms with E-state index in [4.69, 9.17) is 4.74 Å². The number of unbranched alkanes of at least 4 members (excludes halogenated alkanes) is 2. The third-order valence-electron chi connectivity index (χ3n) is 3.91. The lowest BCUT2D eigenvalue weighted by molar-refractivity contribution is 0.192. The maximum atomic E-state index is 12.2. The number of methoxy groups -OCH3 is 1. The van der Waals surface area contributed by atoms with Gasteiger partial charge in [-0.05, 0) is 51.1 Å². The topological polar surface area (TPSA) is 70.7 Å². The fourth-order valence-corrected chi connectivity index (χ4v) is 3.82. The minimum absolute atomic E-state index is 0.517. The van der Waals surface area contributed by atoms with Crippen LogP contribution in [0, 0.1) is 5.92 Å². The summed E-state index contributed by atoms with van der Waals surface area (Å²) in [4.78, 5) is 0. The monoisotopic (exact) mass is 321 g/mol. The Kier molecular flexibility index (Phi) is 9.42. The molecule has 0 radical (unpaired) electrons. The highest BCUT2D eigenvalue weighted by atomic mass is 32.2. The molecule has 1 aliphatic heterocycles. The van der Waals surface area contributed by atoms with Crippen molar-refractivity contribution >= 4 is 10.2 Å². The Labute approximate surface area is 129 Å². The van der Waals surface area contributed by atoms with Crippen LogP contribution in [0.25, 0.3) is 0 Å². The third kappa shape index (κ3) is 7.56. The zero-order chi connectivity index (χ0) is 15.6. The van der Waals surface area contributed by atoms with Gasteiger partial charge in [-0.15, -0.1) is 0 Å². The van der Waals surface area contributed by atoms with Gasteiger partial charge in [0.15, 0.2) is 0 Å². The largest absolute Gasteiger partial charge is 0.385 e. The minimum atomic E-state index is -3.29. The lowest BCUT2D eigenvalue weighted by Gasteiger charge is -2.31. The number of hydrogen-bond donors (Lipinski definition) is 2. The first-order valence-corrected chi connectivity index (χ1v) is 9.48. The first-order chi connectivity index (χ1) is 10.1. The highest BCUT2D eigenvalue weighted by Gasteiger charge is 2.27. The molecule has 1 rings (SSSR count). The lowest BCUT2D eigenvalue weighted by atomic mass is 9.98. The first kappa shape index (κ1) is 18.8. The molecule has 0 unspecified atom stereocenters. The predicted octanol–water partition coefficient (Wildman–Crippen LogP) is 0.959. The summed E-state index contributed by atoms with van der Waals surface area (Å²) in [7, 11) is -1.61. The predicted molar refractivity (Wildman–Crippen MR) is 85.5 cm³/mol. The zero-order valence-electron chi connectivity index (χ0n) is 13.4. The smallest absolute Gasteiger partial charge is 0.279 e. The Morgan fingerprint density at radius 2 is 1.90 bits per heavy atom. The van der Waals surface area contributed by atoms with Crippen LogP contribution in [-0.2, 0) is 14.9 Å². The molecule has 1 heterocycles. The Morgan fingerprint density at radius 3 is 2.52 bits per heavy atom. The molecule has 6 nitrogen and oxygen atoms in total. The van der Waals surface area contributed by atoms with Gasteiger partial charge in [0.25, 0.3) is 10.2 Å². The van der Waals surface area contributed by atoms with E-state index in [9.17, 15) is 8.42 Å². The van der Waals surface area contributed by atoms with Crippen molar-refractivity contribution in [3.63, 3.8) is 0 Å². The number of rotatable bonds is 11. The summed E-state index contributed by atoms with van der Waals surface area (Å²) in [5.74, 6) is 0.602. The van der Waals surface area contributed by atoms with Crippen molar-refractivity contribution < 1.29 is 13.2 Å². The zero-order valence-corrected chi connectivity index (χ0v) is 14.3. The van der Waals surface area contributed by atoms with E-state index in [1.54, 1.807) is 11.4 Å². The molecule has 0 bridgehead atoms. The van der Waals surface area contributed by atoms with Crippen LogP contribution in [0.2, 0.25) is 0 Å². The molecule has 0 atom stereocenters. The van der Waals surface area contributed by atoms with Crippen LogP contribution in [0.1, 0.15) is 39.0 Å². The molecule has 0 aromatic rings. The van der Waals surface area contributed by atoms with E-state index in [1.807, 2.05) is 0 Å². The van der Waals surface area contributed by atoms with Gasteiger partial charge in [-0.3, -0.25) is 0 Å². The summed E-state index contributed by atoms with van der Waals surface area (Å²) < 4.78 is 33.6. The summed E-state index contributed by atoms with van der Waals surface area (Å²) in [6, 6.07) is 0. The Morgan fingerprint density at radius 1 is 1.19 bits per heavy atom. The number of ether oxygens (including phenoxy) is 1. The van der Waals surface area contributed by atoms with E-state index in [0.29, 0.717) is 25.6 Å². The van der Waals surface area contributed by atoms with Crippen molar-refractivity contribution in [2.24, 2.45) is 5.92 Å². The number of nitrogens with one attached hydrogen (secondary N) is 2. The van der Waals surface area contributed by atoms with Crippen LogP contribution >= 0.6 is 0 Å². The summed E-state index contributed by atoms with van der Waals surface area (Å²) in [5, 5.41) is 3.34. The molecular weight excluding hydrogens is 290 g/mol. The van der Waals surface area contributed by atoms with E-state index in [2.05, 4.69) is 17.0 Å². The van der Waals surface area contributed by atoms with Crippen LogP contribution < -0.4 is 10.0 Å².